The molecule has 1 amide bonds. The summed E-state index contributed by atoms with van der Waals surface area (Å²) in [6, 6.07) is 13.8. The Hall–Kier alpha value is -4.21. The molecule has 5 rings (SSSR count). The van der Waals surface area contributed by atoms with E-state index in [4.69, 9.17) is 9.72 Å². The Morgan fingerprint density at radius 2 is 1.77 bits per heavy atom. The Balaban J connectivity index is 1.44. The normalized spacial score (nSPS) is 13.8. The lowest BCUT2D eigenvalue weighted by molar-refractivity contribution is -0.117. The number of para-hydroxylation sites is 2. The zero-order valence-corrected chi connectivity index (χ0v) is 19.4. The van der Waals surface area contributed by atoms with E-state index in [1.807, 2.05) is 24.3 Å². The molecule has 0 bridgehead atoms. The van der Waals surface area contributed by atoms with E-state index < -0.39 is 17.6 Å². The zero-order chi connectivity index (χ0) is 24.4. The number of nitrogens with zero attached hydrogens (tertiary/aromatic N) is 5. The summed E-state index contributed by atoms with van der Waals surface area (Å²) in [7, 11) is 0. The number of esters is 1. The highest BCUT2D eigenvalue weighted by Gasteiger charge is 2.22. The van der Waals surface area contributed by atoms with Crippen molar-refractivity contribution < 1.29 is 14.3 Å². The number of ether oxygens (including phenoxy) is 1. The van der Waals surface area contributed by atoms with Crippen LogP contribution in [0.3, 0.4) is 0 Å². The number of carbonyl (C=O) groups is 2. The Morgan fingerprint density at radius 1 is 1.03 bits per heavy atom. The lowest BCUT2D eigenvalue weighted by Gasteiger charge is -2.27. The number of hydrogen-bond donors (Lipinski definition) is 1. The summed E-state index contributed by atoms with van der Waals surface area (Å²) in [4.78, 5) is 44.9. The molecule has 1 N–H and O–H groups in total. The first kappa shape index (κ1) is 22.6. The molecular weight excluding hydrogens is 448 g/mol. The van der Waals surface area contributed by atoms with E-state index in [0.29, 0.717) is 33.7 Å². The number of carbonyl (C=O) groups excluding carboxylic acids is 2. The van der Waals surface area contributed by atoms with Gasteiger partial charge in [-0.25, -0.2) is 23.7 Å². The summed E-state index contributed by atoms with van der Waals surface area (Å²) in [5, 5.41) is 7.27. The summed E-state index contributed by atoms with van der Waals surface area (Å²) in [6.07, 6.45) is 3.29. The number of piperidine rings is 1. The maximum Gasteiger partial charge on any atom is 0.351 e. The summed E-state index contributed by atoms with van der Waals surface area (Å²) in [6.45, 7) is 3.47. The summed E-state index contributed by atoms with van der Waals surface area (Å²) in [5.74, 6) is -0.169. The molecule has 1 fully saturated rings. The van der Waals surface area contributed by atoms with E-state index in [2.05, 4.69) is 15.3 Å². The second kappa shape index (κ2) is 9.57. The van der Waals surface area contributed by atoms with Crippen LogP contribution in [0.15, 0.2) is 53.3 Å². The Labute approximate surface area is 201 Å². The Bertz CT molecular complexity index is 1450. The average Bonchev–Trinajstić information content (AvgIpc) is 3.20. The van der Waals surface area contributed by atoms with Crippen molar-refractivity contribution in [3.05, 3.63) is 64.6 Å². The van der Waals surface area contributed by atoms with Crippen LogP contribution in [0.1, 0.15) is 36.5 Å². The molecule has 0 saturated carbocycles. The van der Waals surface area contributed by atoms with Gasteiger partial charge in [0.25, 0.3) is 0 Å². The van der Waals surface area contributed by atoms with Crippen LogP contribution in [-0.2, 0) is 16.1 Å². The minimum Gasteiger partial charge on any atom is -0.462 e. The molecule has 1 aliphatic heterocycles. The molecule has 0 radical (unpaired) electrons. The number of rotatable bonds is 6. The molecule has 0 aliphatic carbocycles. The maximum absolute atomic E-state index is 13.3. The summed E-state index contributed by atoms with van der Waals surface area (Å²) >= 11 is 0. The molecule has 10 heteroatoms. The van der Waals surface area contributed by atoms with Crippen molar-refractivity contribution >= 4 is 40.1 Å². The zero-order valence-electron chi connectivity index (χ0n) is 19.4. The Morgan fingerprint density at radius 3 is 2.51 bits per heavy atom. The second-order valence-electron chi connectivity index (χ2n) is 8.42. The first-order chi connectivity index (χ1) is 17.0. The number of nitrogens with one attached hydrogen (secondary N) is 1. The predicted octanol–water partition coefficient (Wildman–Crippen LogP) is 2.85. The highest BCUT2D eigenvalue weighted by molar-refractivity contribution is 5.93. The molecule has 4 aromatic rings. The van der Waals surface area contributed by atoms with Crippen LogP contribution < -0.4 is 15.9 Å². The molecule has 2 aromatic carbocycles. The summed E-state index contributed by atoms with van der Waals surface area (Å²) < 4.78 is 7.67. The molecule has 2 aromatic heterocycles. The van der Waals surface area contributed by atoms with Gasteiger partial charge in [0.2, 0.25) is 11.6 Å². The third-order valence-corrected chi connectivity index (χ3v) is 6.02. The van der Waals surface area contributed by atoms with Gasteiger partial charge in [-0.05, 0) is 62.6 Å². The van der Waals surface area contributed by atoms with Crippen LogP contribution in [0.5, 0.6) is 0 Å². The first-order valence-electron chi connectivity index (χ1n) is 11.8. The Kier molecular flexibility index (Phi) is 6.17. The molecule has 3 heterocycles. The fourth-order valence-electron chi connectivity index (χ4n) is 4.34. The maximum atomic E-state index is 13.3. The van der Waals surface area contributed by atoms with Gasteiger partial charge >= 0.3 is 11.7 Å². The van der Waals surface area contributed by atoms with Gasteiger partial charge in [-0.3, -0.25) is 4.79 Å². The monoisotopic (exact) mass is 474 g/mol. The van der Waals surface area contributed by atoms with Crippen molar-refractivity contribution in [2.75, 3.05) is 29.9 Å². The van der Waals surface area contributed by atoms with Crippen molar-refractivity contribution in [2.24, 2.45) is 0 Å². The highest BCUT2D eigenvalue weighted by Crippen LogP contribution is 2.25. The minimum atomic E-state index is -0.424. The number of anilines is 2. The van der Waals surface area contributed by atoms with Gasteiger partial charge in [-0.1, -0.05) is 12.1 Å². The van der Waals surface area contributed by atoms with Crippen molar-refractivity contribution in [3.63, 3.8) is 0 Å². The van der Waals surface area contributed by atoms with Crippen molar-refractivity contribution in [3.8, 4) is 0 Å². The van der Waals surface area contributed by atoms with Gasteiger partial charge in [0.1, 0.15) is 6.54 Å². The quantitative estimate of drug-likeness (QED) is 0.428. The van der Waals surface area contributed by atoms with Crippen molar-refractivity contribution in [1.82, 2.24) is 19.2 Å². The standard InChI is InChI=1S/C25H26N6O4/c1-2-35-24(33)17-10-12-18(13-11-17)26-21(32)16-30-25(34)31-20-9-5-4-8-19(20)27-22(23(31)28-30)29-14-6-3-7-15-29/h4-5,8-13H,2-3,6-7,14-16H2,1H3,(H,26,32). The molecule has 1 aliphatic rings. The molecular formula is C25H26N6O4. The smallest absolute Gasteiger partial charge is 0.351 e. The average molecular weight is 475 g/mol. The molecule has 1 saturated heterocycles. The molecule has 0 atom stereocenters. The molecule has 180 valence electrons. The molecule has 0 spiro atoms. The third kappa shape index (κ3) is 4.46. The number of hydrogen-bond acceptors (Lipinski definition) is 7. The topological polar surface area (TPSA) is 111 Å². The van der Waals surface area contributed by atoms with E-state index in [0.717, 1.165) is 25.9 Å². The predicted molar refractivity (Wildman–Crippen MR) is 132 cm³/mol. The van der Waals surface area contributed by atoms with Crippen LogP contribution in [0.25, 0.3) is 16.7 Å². The molecule has 0 unspecified atom stereocenters. The van der Waals surface area contributed by atoms with Gasteiger partial charge in [0.05, 0.1) is 23.2 Å². The van der Waals surface area contributed by atoms with Gasteiger partial charge in [-0.15, -0.1) is 5.10 Å². The number of fused-ring (bicyclic) bond motifs is 3. The minimum absolute atomic E-state index is 0.256. The van der Waals surface area contributed by atoms with Gasteiger partial charge in [0.15, 0.2) is 5.82 Å². The van der Waals surface area contributed by atoms with E-state index in [-0.39, 0.29) is 13.2 Å². The van der Waals surface area contributed by atoms with Crippen molar-refractivity contribution in [1.29, 1.82) is 0 Å². The number of aromatic nitrogens is 4. The second-order valence-corrected chi connectivity index (χ2v) is 8.42. The first-order valence-corrected chi connectivity index (χ1v) is 11.8. The lowest BCUT2D eigenvalue weighted by Crippen LogP contribution is -2.31. The third-order valence-electron chi connectivity index (χ3n) is 6.02. The number of amides is 1. The van der Waals surface area contributed by atoms with Gasteiger partial charge < -0.3 is 15.0 Å². The van der Waals surface area contributed by atoms with E-state index >= 15 is 0 Å². The fraction of sp³-hybridized carbons (Fsp3) is 0.320. The van der Waals surface area contributed by atoms with Crippen LogP contribution >= 0.6 is 0 Å². The largest absolute Gasteiger partial charge is 0.462 e. The van der Waals surface area contributed by atoms with E-state index in [1.165, 1.54) is 15.5 Å². The van der Waals surface area contributed by atoms with Crippen LogP contribution in [-0.4, -0.2) is 50.7 Å². The van der Waals surface area contributed by atoms with E-state index in [9.17, 15) is 14.4 Å². The van der Waals surface area contributed by atoms with Crippen LogP contribution in [0, 0.1) is 0 Å². The number of benzene rings is 2. The van der Waals surface area contributed by atoms with Crippen molar-refractivity contribution in [2.45, 2.75) is 32.7 Å². The van der Waals surface area contributed by atoms with E-state index in [1.54, 1.807) is 31.2 Å². The highest BCUT2D eigenvalue weighted by atomic mass is 16.5. The molecule has 10 nitrogen and oxygen atoms in total. The van der Waals surface area contributed by atoms with Gasteiger partial charge in [0, 0.05) is 18.8 Å². The van der Waals surface area contributed by atoms with Crippen LogP contribution in [0.2, 0.25) is 0 Å². The fourth-order valence-corrected chi connectivity index (χ4v) is 4.34. The lowest BCUT2D eigenvalue weighted by atomic mass is 10.1. The van der Waals surface area contributed by atoms with Crippen LogP contribution in [0.4, 0.5) is 11.5 Å². The van der Waals surface area contributed by atoms with Gasteiger partial charge in [-0.2, -0.15) is 0 Å². The summed E-state index contributed by atoms with van der Waals surface area (Å²) in [5.41, 5.74) is 2.29. The SMILES string of the molecule is CCOC(=O)c1ccc(NC(=O)Cn2nc3c(N4CCCCC4)nc4ccccc4n3c2=O)cc1. The molecule has 35 heavy (non-hydrogen) atoms.